The molecule has 0 saturated carbocycles. The number of carbonyl (C=O) groups is 2. The van der Waals surface area contributed by atoms with Crippen LogP contribution in [0, 0.1) is 0 Å². The normalized spacial score (nSPS) is 10.0. The molecule has 0 aliphatic rings. The summed E-state index contributed by atoms with van der Waals surface area (Å²) >= 11 is 9.19. The molecule has 0 heterocycles. The van der Waals surface area contributed by atoms with E-state index in [1.165, 1.54) is 0 Å². The number of amides is 2. The molecule has 0 radical (unpaired) electrons. The van der Waals surface area contributed by atoms with Gasteiger partial charge in [-0.2, -0.15) is 0 Å². The number of anilines is 1. The van der Waals surface area contributed by atoms with E-state index in [9.17, 15) is 9.59 Å². The average Bonchev–Trinajstić information content (AvgIpc) is 2.32. The van der Waals surface area contributed by atoms with E-state index in [1.807, 2.05) is 0 Å². The molecule has 0 atom stereocenters. The van der Waals surface area contributed by atoms with E-state index in [-0.39, 0.29) is 19.8 Å². The van der Waals surface area contributed by atoms with Crippen LogP contribution in [0.3, 0.4) is 0 Å². The molecular formula is C11H12BrClN2O4. The van der Waals surface area contributed by atoms with Gasteiger partial charge >= 0.3 is 12.0 Å². The number of halogens is 2. The highest BCUT2D eigenvalue weighted by Crippen LogP contribution is 2.25. The number of carboxylic acid groups (broad SMARTS) is 1. The Morgan fingerprint density at radius 1 is 1.42 bits per heavy atom. The van der Waals surface area contributed by atoms with E-state index in [4.69, 9.17) is 21.4 Å². The highest BCUT2D eigenvalue weighted by Gasteiger charge is 2.05. The van der Waals surface area contributed by atoms with Crippen molar-refractivity contribution in [2.45, 2.75) is 0 Å². The lowest BCUT2D eigenvalue weighted by molar-refractivity contribution is -0.142. The fourth-order valence-electron chi connectivity index (χ4n) is 1.15. The molecule has 0 unspecified atom stereocenters. The van der Waals surface area contributed by atoms with Gasteiger partial charge in [0, 0.05) is 11.0 Å². The molecule has 19 heavy (non-hydrogen) atoms. The van der Waals surface area contributed by atoms with Crippen LogP contribution >= 0.6 is 27.5 Å². The average molecular weight is 352 g/mol. The van der Waals surface area contributed by atoms with Gasteiger partial charge in [0.1, 0.15) is 6.61 Å². The maximum atomic E-state index is 11.5. The lowest BCUT2D eigenvalue weighted by atomic mass is 10.3. The first-order chi connectivity index (χ1) is 8.99. The van der Waals surface area contributed by atoms with Crippen molar-refractivity contribution in [2.24, 2.45) is 0 Å². The number of urea groups is 1. The summed E-state index contributed by atoms with van der Waals surface area (Å²) < 4.78 is 5.57. The molecule has 0 bridgehead atoms. The molecule has 1 aromatic carbocycles. The van der Waals surface area contributed by atoms with E-state index in [0.717, 1.165) is 4.47 Å². The molecule has 104 valence electrons. The molecule has 0 saturated heterocycles. The molecule has 1 rings (SSSR count). The van der Waals surface area contributed by atoms with E-state index >= 15 is 0 Å². The molecule has 0 aliphatic heterocycles. The Kier molecular flexibility index (Phi) is 6.61. The van der Waals surface area contributed by atoms with Gasteiger partial charge in [-0.1, -0.05) is 27.5 Å². The number of ether oxygens (including phenoxy) is 1. The second-order valence-electron chi connectivity index (χ2n) is 3.45. The van der Waals surface area contributed by atoms with Crippen LogP contribution < -0.4 is 10.6 Å². The van der Waals surface area contributed by atoms with E-state index in [1.54, 1.807) is 18.2 Å². The lowest BCUT2D eigenvalue weighted by Crippen LogP contribution is -2.32. The van der Waals surface area contributed by atoms with Crippen molar-refractivity contribution < 1.29 is 19.4 Å². The second kappa shape index (κ2) is 7.98. The lowest BCUT2D eigenvalue weighted by Gasteiger charge is -2.09. The second-order valence-corrected chi connectivity index (χ2v) is 4.77. The largest absolute Gasteiger partial charge is 0.480 e. The SMILES string of the molecule is O=C(O)COCCNC(=O)Nc1ccc(Br)cc1Cl. The van der Waals surface area contributed by atoms with E-state index in [0.29, 0.717) is 10.7 Å². The summed E-state index contributed by atoms with van der Waals surface area (Å²) in [5.41, 5.74) is 0.480. The molecule has 0 fully saturated rings. The molecule has 0 aliphatic carbocycles. The van der Waals surface area contributed by atoms with Crippen LogP contribution in [0.1, 0.15) is 0 Å². The van der Waals surface area contributed by atoms with Crippen LogP contribution in [-0.2, 0) is 9.53 Å². The van der Waals surface area contributed by atoms with Crippen molar-refractivity contribution >= 4 is 45.2 Å². The Bertz CT molecular complexity index is 470. The number of aliphatic carboxylic acids is 1. The fourth-order valence-corrected chi connectivity index (χ4v) is 1.87. The zero-order valence-electron chi connectivity index (χ0n) is 9.78. The van der Waals surface area contributed by atoms with Crippen molar-refractivity contribution in [3.8, 4) is 0 Å². The standard InChI is InChI=1S/C11H12BrClN2O4/c12-7-1-2-9(8(13)5-7)15-11(18)14-3-4-19-6-10(16)17/h1-2,5H,3-4,6H2,(H,16,17)(H2,14,15,18). The van der Waals surface area contributed by atoms with Crippen molar-refractivity contribution in [3.05, 3.63) is 27.7 Å². The molecule has 3 N–H and O–H groups in total. The Morgan fingerprint density at radius 3 is 2.79 bits per heavy atom. The van der Waals surface area contributed by atoms with Crippen LogP contribution in [0.25, 0.3) is 0 Å². The summed E-state index contributed by atoms with van der Waals surface area (Å²) in [4.78, 5) is 21.6. The number of rotatable bonds is 6. The number of carbonyl (C=O) groups excluding carboxylic acids is 1. The first-order valence-corrected chi connectivity index (χ1v) is 6.45. The van der Waals surface area contributed by atoms with Crippen molar-refractivity contribution in [1.82, 2.24) is 5.32 Å². The summed E-state index contributed by atoms with van der Waals surface area (Å²) in [7, 11) is 0. The first kappa shape index (κ1) is 15.7. The van der Waals surface area contributed by atoms with E-state index < -0.39 is 12.0 Å². The molecule has 0 aromatic heterocycles. The molecule has 1 aromatic rings. The fraction of sp³-hybridized carbons (Fsp3) is 0.273. The topological polar surface area (TPSA) is 87.7 Å². The summed E-state index contributed by atoms with van der Waals surface area (Å²) in [6.45, 7) is -0.0666. The number of carboxylic acids is 1. The third kappa shape index (κ3) is 6.42. The summed E-state index contributed by atoms with van der Waals surface area (Å²) in [6.07, 6.45) is 0. The summed E-state index contributed by atoms with van der Waals surface area (Å²) in [5.74, 6) is -1.05. The zero-order chi connectivity index (χ0) is 14.3. The van der Waals surface area contributed by atoms with Crippen molar-refractivity contribution in [1.29, 1.82) is 0 Å². The number of hydrogen-bond donors (Lipinski definition) is 3. The van der Waals surface area contributed by atoms with Gasteiger partial charge in [0.2, 0.25) is 0 Å². The summed E-state index contributed by atoms with van der Waals surface area (Å²) in [5, 5.41) is 13.8. The highest BCUT2D eigenvalue weighted by molar-refractivity contribution is 9.10. The van der Waals surface area contributed by atoms with Gasteiger partial charge in [-0.25, -0.2) is 9.59 Å². The predicted molar refractivity (Wildman–Crippen MR) is 74.6 cm³/mol. The van der Waals surface area contributed by atoms with E-state index in [2.05, 4.69) is 26.6 Å². The van der Waals surface area contributed by atoms with Crippen LogP contribution in [-0.4, -0.2) is 36.9 Å². The maximum Gasteiger partial charge on any atom is 0.329 e. The summed E-state index contributed by atoms with van der Waals surface area (Å²) in [6, 6.07) is 4.63. The molecular weight excluding hydrogens is 339 g/mol. The third-order valence-electron chi connectivity index (χ3n) is 1.94. The van der Waals surface area contributed by atoms with Gasteiger partial charge < -0.3 is 20.5 Å². The molecule has 0 spiro atoms. The Hall–Kier alpha value is -1.31. The minimum atomic E-state index is -1.05. The minimum absolute atomic E-state index is 0.119. The predicted octanol–water partition coefficient (Wildman–Crippen LogP) is 2.33. The Morgan fingerprint density at radius 2 is 2.16 bits per heavy atom. The smallest absolute Gasteiger partial charge is 0.329 e. The highest BCUT2D eigenvalue weighted by atomic mass is 79.9. The molecule has 8 heteroatoms. The number of nitrogens with one attached hydrogen (secondary N) is 2. The van der Waals surface area contributed by atoms with Crippen LogP contribution in [0.15, 0.2) is 22.7 Å². The van der Waals surface area contributed by atoms with Crippen molar-refractivity contribution in [3.63, 3.8) is 0 Å². The van der Waals surface area contributed by atoms with Crippen LogP contribution in [0.2, 0.25) is 5.02 Å². The maximum absolute atomic E-state index is 11.5. The van der Waals surface area contributed by atoms with Gasteiger partial charge in [-0.15, -0.1) is 0 Å². The first-order valence-electron chi connectivity index (χ1n) is 5.28. The quantitative estimate of drug-likeness (QED) is 0.686. The van der Waals surface area contributed by atoms with Crippen LogP contribution in [0.4, 0.5) is 10.5 Å². The van der Waals surface area contributed by atoms with Gasteiger partial charge in [-0.3, -0.25) is 0 Å². The third-order valence-corrected chi connectivity index (χ3v) is 2.74. The van der Waals surface area contributed by atoms with Gasteiger partial charge in [0.15, 0.2) is 0 Å². The van der Waals surface area contributed by atoms with Gasteiger partial charge in [0.25, 0.3) is 0 Å². The Balaban J connectivity index is 2.29. The van der Waals surface area contributed by atoms with Gasteiger partial charge in [-0.05, 0) is 18.2 Å². The number of benzene rings is 1. The zero-order valence-corrected chi connectivity index (χ0v) is 12.1. The number of hydrogen-bond acceptors (Lipinski definition) is 3. The Labute approximate surface area is 123 Å². The van der Waals surface area contributed by atoms with Gasteiger partial charge in [0.05, 0.1) is 17.3 Å². The molecule has 2 amide bonds. The monoisotopic (exact) mass is 350 g/mol. The molecule has 6 nitrogen and oxygen atoms in total. The van der Waals surface area contributed by atoms with Crippen molar-refractivity contribution in [2.75, 3.05) is 25.1 Å². The van der Waals surface area contributed by atoms with Crippen LogP contribution in [0.5, 0.6) is 0 Å². The minimum Gasteiger partial charge on any atom is -0.480 e.